The molecule has 1 saturated carbocycles. The molecule has 2 aromatic rings. The summed E-state index contributed by atoms with van der Waals surface area (Å²) in [5.41, 5.74) is -0.0431. The summed E-state index contributed by atoms with van der Waals surface area (Å²) in [6.07, 6.45) is 9.33. The molecule has 5 nitrogen and oxygen atoms in total. The van der Waals surface area contributed by atoms with Gasteiger partial charge in [0.1, 0.15) is 5.75 Å². The van der Waals surface area contributed by atoms with Gasteiger partial charge in [0.25, 0.3) is 0 Å². The molecule has 1 fully saturated rings. The van der Waals surface area contributed by atoms with Crippen molar-refractivity contribution >= 4 is 16.7 Å². The minimum Gasteiger partial charge on any atom is -0.505 e. The van der Waals surface area contributed by atoms with Gasteiger partial charge in [0.15, 0.2) is 11.4 Å². The molecule has 5 heteroatoms. The van der Waals surface area contributed by atoms with Gasteiger partial charge in [-0.15, -0.1) is 0 Å². The van der Waals surface area contributed by atoms with Gasteiger partial charge >= 0.3 is 5.97 Å². The van der Waals surface area contributed by atoms with Crippen LogP contribution in [0.2, 0.25) is 0 Å². The van der Waals surface area contributed by atoms with Gasteiger partial charge in [-0.3, -0.25) is 0 Å². The number of hydrogen-bond acceptors (Lipinski definition) is 5. The van der Waals surface area contributed by atoms with E-state index in [2.05, 4.69) is 4.98 Å². The van der Waals surface area contributed by atoms with E-state index in [9.17, 15) is 9.90 Å². The van der Waals surface area contributed by atoms with Gasteiger partial charge in [0.2, 0.25) is 0 Å². The number of rotatable bonds is 6. The number of benzene rings is 1. The number of nitrogens with zero attached hydrogens (tertiary/aromatic N) is 1. The van der Waals surface area contributed by atoms with Crippen LogP contribution in [0.4, 0.5) is 0 Å². The standard InChI is InChI=1S/C20H25NO4/c1-2-3-11-24-20(23)18-19(22)17-12-16(10-9-14(17)13-21-18)25-15-7-5-4-6-8-15/h9-10,12-13,15,22H,2-8,11H2,1H3. The van der Waals surface area contributed by atoms with Crippen LogP contribution in [-0.2, 0) is 4.74 Å². The van der Waals surface area contributed by atoms with E-state index in [0.717, 1.165) is 31.1 Å². The van der Waals surface area contributed by atoms with Crippen molar-refractivity contribution < 1.29 is 19.4 Å². The normalized spacial score (nSPS) is 15.2. The highest BCUT2D eigenvalue weighted by Crippen LogP contribution is 2.32. The largest absolute Gasteiger partial charge is 0.505 e. The molecular weight excluding hydrogens is 318 g/mol. The second-order valence-electron chi connectivity index (χ2n) is 6.57. The molecule has 0 atom stereocenters. The predicted molar refractivity (Wildman–Crippen MR) is 96.1 cm³/mol. The molecule has 134 valence electrons. The summed E-state index contributed by atoms with van der Waals surface area (Å²) in [5, 5.41) is 11.8. The average Bonchev–Trinajstić information content (AvgIpc) is 2.63. The number of pyridine rings is 1. The van der Waals surface area contributed by atoms with Gasteiger partial charge in [-0.25, -0.2) is 9.78 Å². The van der Waals surface area contributed by atoms with E-state index >= 15 is 0 Å². The molecule has 0 amide bonds. The number of esters is 1. The highest BCUT2D eigenvalue weighted by Gasteiger charge is 2.19. The Balaban J connectivity index is 1.81. The summed E-state index contributed by atoms with van der Waals surface area (Å²) in [6, 6.07) is 5.52. The van der Waals surface area contributed by atoms with Crippen LogP contribution in [0.1, 0.15) is 62.4 Å². The van der Waals surface area contributed by atoms with Crippen LogP contribution in [0.25, 0.3) is 10.8 Å². The molecule has 3 rings (SSSR count). The molecule has 1 aromatic heterocycles. The molecule has 0 aliphatic heterocycles. The Hall–Kier alpha value is -2.30. The predicted octanol–water partition coefficient (Wildman–Crippen LogP) is 4.61. The molecule has 0 spiro atoms. The molecule has 1 N–H and O–H groups in total. The lowest BCUT2D eigenvalue weighted by Gasteiger charge is -2.23. The van der Waals surface area contributed by atoms with E-state index in [4.69, 9.17) is 9.47 Å². The molecule has 0 radical (unpaired) electrons. The minimum atomic E-state index is -0.591. The number of hydrogen-bond donors (Lipinski definition) is 1. The van der Waals surface area contributed by atoms with Crippen molar-refractivity contribution in [3.05, 3.63) is 30.1 Å². The summed E-state index contributed by atoms with van der Waals surface area (Å²) in [7, 11) is 0. The first-order chi connectivity index (χ1) is 12.2. The third-order valence-electron chi connectivity index (χ3n) is 4.62. The lowest BCUT2D eigenvalue weighted by Crippen LogP contribution is -2.19. The molecule has 1 aliphatic rings. The zero-order valence-electron chi connectivity index (χ0n) is 14.7. The van der Waals surface area contributed by atoms with Gasteiger partial charge in [-0.05, 0) is 50.3 Å². The maximum absolute atomic E-state index is 12.1. The summed E-state index contributed by atoms with van der Waals surface area (Å²) in [6.45, 7) is 2.35. The zero-order chi connectivity index (χ0) is 17.6. The van der Waals surface area contributed by atoms with Crippen molar-refractivity contribution in [2.24, 2.45) is 0 Å². The average molecular weight is 343 g/mol. The number of fused-ring (bicyclic) bond motifs is 1. The van der Waals surface area contributed by atoms with Gasteiger partial charge in [-0.1, -0.05) is 19.8 Å². The first-order valence-corrected chi connectivity index (χ1v) is 9.14. The molecule has 1 aromatic carbocycles. The molecule has 1 heterocycles. The fraction of sp³-hybridized carbons (Fsp3) is 0.500. The summed E-state index contributed by atoms with van der Waals surface area (Å²) in [5.74, 6) is -0.0225. The Morgan fingerprint density at radius 3 is 2.84 bits per heavy atom. The number of ether oxygens (including phenoxy) is 2. The van der Waals surface area contributed by atoms with E-state index in [1.165, 1.54) is 19.3 Å². The van der Waals surface area contributed by atoms with Crippen LogP contribution >= 0.6 is 0 Å². The summed E-state index contributed by atoms with van der Waals surface area (Å²) < 4.78 is 11.2. The van der Waals surface area contributed by atoms with E-state index in [1.54, 1.807) is 12.3 Å². The lowest BCUT2D eigenvalue weighted by atomic mass is 9.98. The van der Waals surface area contributed by atoms with Crippen molar-refractivity contribution in [2.45, 2.75) is 58.0 Å². The topological polar surface area (TPSA) is 68.7 Å². The van der Waals surface area contributed by atoms with E-state index < -0.39 is 5.97 Å². The van der Waals surface area contributed by atoms with Crippen molar-refractivity contribution in [1.82, 2.24) is 4.98 Å². The maximum Gasteiger partial charge on any atom is 0.360 e. The second kappa shape index (κ2) is 8.19. The monoisotopic (exact) mass is 343 g/mol. The molecule has 0 bridgehead atoms. The smallest absolute Gasteiger partial charge is 0.360 e. The highest BCUT2D eigenvalue weighted by molar-refractivity contribution is 5.99. The Bertz CT molecular complexity index is 738. The number of carbonyl (C=O) groups is 1. The van der Waals surface area contributed by atoms with Crippen LogP contribution in [0.3, 0.4) is 0 Å². The van der Waals surface area contributed by atoms with Crippen molar-refractivity contribution in [3.63, 3.8) is 0 Å². The maximum atomic E-state index is 12.1. The van der Waals surface area contributed by atoms with Crippen LogP contribution in [-0.4, -0.2) is 28.8 Å². The summed E-state index contributed by atoms with van der Waals surface area (Å²) >= 11 is 0. The lowest BCUT2D eigenvalue weighted by molar-refractivity contribution is 0.0489. The fourth-order valence-electron chi connectivity index (χ4n) is 3.15. The molecule has 1 aliphatic carbocycles. The van der Waals surface area contributed by atoms with E-state index in [0.29, 0.717) is 17.7 Å². The van der Waals surface area contributed by atoms with Crippen LogP contribution in [0.5, 0.6) is 11.5 Å². The highest BCUT2D eigenvalue weighted by atomic mass is 16.5. The molecule has 25 heavy (non-hydrogen) atoms. The van der Waals surface area contributed by atoms with Gasteiger partial charge in [0, 0.05) is 17.0 Å². The molecular formula is C20H25NO4. The first-order valence-electron chi connectivity index (χ1n) is 9.14. The first kappa shape index (κ1) is 17.5. The van der Waals surface area contributed by atoms with E-state index in [1.807, 2.05) is 19.1 Å². The fourth-order valence-corrected chi connectivity index (χ4v) is 3.15. The van der Waals surface area contributed by atoms with Crippen LogP contribution in [0, 0.1) is 0 Å². The van der Waals surface area contributed by atoms with Crippen molar-refractivity contribution in [1.29, 1.82) is 0 Å². The SMILES string of the molecule is CCCCOC(=O)c1ncc2ccc(OC3CCCCC3)cc2c1O. The van der Waals surface area contributed by atoms with Gasteiger partial charge in [0.05, 0.1) is 12.7 Å². The zero-order valence-corrected chi connectivity index (χ0v) is 14.7. The van der Waals surface area contributed by atoms with Crippen LogP contribution in [0.15, 0.2) is 24.4 Å². The molecule has 0 saturated heterocycles. The number of aromatic nitrogens is 1. The number of unbranched alkanes of at least 4 members (excludes halogenated alkanes) is 1. The van der Waals surface area contributed by atoms with Crippen molar-refractivity contribution in [3.8, 4) is 11.5 Å². The molecule has 0 unspecified atom stereocenters. The van der Waals surface area contributed by atoms with Gasteiger partial charge in [-0.2, -0.15) is 0 Å². The number of carbonyl (C=O) groups excluding carboxylic acids is 1. The third kappa shape index (κ3) is 4.21. The second-order valence-corrected chi connectivity index (χ2v) is 6.57. The van der Waals surface area contributed by atoms with Crippen LogP contribution < -0.4 is 4.74 Å². The Morgan fingerprint density at radius 1 is 1.28 bits per heavy atom. The summed E-state index contributed by atoms with van der Waals surface area (Å²) in [4.78, 5) is 16.2. The quantitative estimate of drug-likeness (QED) is 0.613. The van der Waals surface area contributed by atoms with Gasteiger partial charge < -0.3 is 14.6 Å². The Labute approximate surface area is 148 Å². The minimum absolute atomic E-state index is 0.0431. The third-order valence-corrected chi connectivity index (χ3v) is 4.62. The number of aromatic hydroxyl groups is 1. The Kier molecular flexibility index (Phi) is 5.74. The van der Waals surface area contributed by atoms with Crippen molar-refractivity contribution in [2.75, 3.05) is 6.61 Å². The van der Waals surface area contributed by atoms with E-state index in [-0.39, 0.29) is 17.5 Å². The Morgan fingerprint density at radius 2 is 2.08 bits per heavy atom.